The number of hydrogen-bond donors (Lipinski definition) is 0. The summed E-state index contributed by atoms with van der Waals surface area (Å²) in [6, 6.07) is 0. The van der Waals surface area contributed by atoms with Gasteiger partial charge in [-0.25, -0.2) is 0 Å². The van der Waals surface area contributed by atoms with E-state index in [1.54, 1.807) is 14.0 Å². The molecule has 146 valence electrons. The Morgan fingerprint density at radius 3 is 2.62 bits per heavy atom. The van der Waals surface area contributed by atoms with Crippen molar-refractivity contribution in [2.45, 2.75) is 78.7 Å². The zero-order chi connectivity index (χ0) is 18.9. The molecule has 4 unspecified atom stereocenters. The highest BCUT2D eigenvalue weighted by atomic mass is 16.5. The first-order chi connectivity index (χ1) is 12.5. The van der Waals surface area contributed by atoms with Crippen LogP contribution in [-0.2, 0) is 14.3 Å². The molecule has 0 heterocycles. The molecule has 2 saturated carbocycles. The van der Waals surface area contributed by atoms with Crippen LogP contribution in [0.15, 0.2) is 23.5 Å². The molecular weight excluding hydrogens is 324 g/mol. The lowest BCUT2D eigenvalue weighted by Gasteiger charge is -2.52. The molecule has 0 aromatic heterocycles. The number of methoxy groups -OCH3 is 1. The van der Waals surface area contributed by atoms with Crippen molar-refractivity contribution < 1.29 is 14.3 Å². The second kappa shape index (κ2) is 7.78. The van der Waals surface area contributed by atoms with E-state index in [9.17, 15) is 4.79 Å². The van der Waals surface area contributed by atoms with Gasteiger partial charge in [-0.05, 0) is 73.8 Å². The van der Waals surface area contributed by atoms with Crippen molar-refractivity contribution in [1.29, 1.82) is 0 Å². The molecule has 0 saturated heterocycles. The van der Waals surface area contributed by atoms with Crippen molar-refractivity contribution in [3.05, 3.63) is 23.5 Å². The lowest BCUT2D eigenvalue weighted by molar-refractivity contribution is -0.155. The Morgan fingerprint density at radius 1 is 1.15 bits per heavy atom. The Kier molecular flexibility index (Phi) is 5.84. The molecule has 0 amide bonds. The summed E-state index contributed by atoms with van der Waals surface area (Å²) in [6.45, 7) is 7.94. The summed E-state index contributed by atoms with van der Waals surface area (Å²) >= 11 is 0. The summed E-state index contributed by atoms with van der Waals surface area (Å²) in [7, 11) is 1.79. The number of hydrogen-bond acceptors (Lipinski definition) is 3. The summed E-state index contributed by atoms with van der Waals surface area (Å²) in [5, 5.41) is 0. The standard InChI is InChI=1S/C21H30O3.C2H6/c1-13(22)24-20-9-8-19-18-6-4-14-12-15(23-3)5-7-16(14)17(18)10-11-21(19,20)2;1-2/h4,12,16-20H,5-11H2,1-3H3;1-2H3/t16-,17?,18?,19?,20?,21-;/m0./s1. The number of esters is 1. The molecular formula is C23H36O3. The summed E-state index contributed by atoms with van der Waals surface area (Å²) in [5.41, 5.74) is 1.72. The van der Waals surface area contributed by atoms with Crippen molar-refractivity contribution in [3.8, 4) is 0 Å². The van der Waals surface area contributed by atoms with Gasteiger partial charge in [-0.1, -0.05) is 26.8 Å². The summed E-state index contributed by atoms with van der Waals surface area (Å²) in [6.07, 6.45) is 13.2. The zero-order valence-corrected chi connectivity index (χ0v) is 17.2. The molecule has 4 aliphatic carbocycles. The zero-order valence-electron chi connectivity index (χ0n) is 17.2. The van der Waals surface area contributed by atoms with Crippen molar-refractivity contribution in [3.63, 3.8) is 0 Å². The third kappa shape index (κ3) is 3.23. The summed E-state index contributed by atoms with van der Waals surface area (Å²) in [4.78, 5) is 11.5. The van der Waals surface area contributed by atoms with Crippen LogP contribution in [0.25, 0.3) is 0 Å². The lowest BCUT2D eigenvalue weighted by Crippen LogP contribution is -2.47. The van der Waals surface area contributed by atoms with Gasteiger partial charge in [0.2, 0.25) is 0 Å². The fourth-order valence-corrected chi connectivity index (χ4v) is 6.44. The molecule has 0 aromatic rings. The molecule has 0 aromatic carbocycles. The van der Waals surface area contributed by atoms with Gasteiger partial charge in [0.15, 0.2) is 0 Å². The first-order valence-corrected chi connectivity index (χ1v) is 10.6. The van der Waals surface area contributed by atoms with E-state index in [-0.39, 0.29) is 17.5 Å². The van der Waals surface area contributed by atoms with Crippen LogP contribution < -0.4 is 0 Å². The van der Waals surface area contributed by atoms with Crippen molar-refractivity contribution in [2.24, 2.45) is 29.1 Å². The number of allylic oxidation sites excluding steroid dienone is 4. The minimum Gasteiger partial charge on any atom is -0.501 e. The first kappa shape index (κ1) is 19.5. The van der Waals surface area contributed by atoms with E-state index in [4.69, 9.17) is 9.47 Å². The average molecular weight is 361 g/mol. The summed E-state index contributed by atoms with van der Waals surface area (Å²) in [5.74, 6) is 4.06. The number of carbonyl (C=O) groups excluding carboxylic acids is 1. The molecule has 0 aliphatic heterocycles. The number of rotatable bonds is 2. The predicted octanol–water partition coefficient (Wildman–Crippen LogP) is 5.66. The lowest BCUT2D eigenvalue weighted by atomic mass is 9.53. The van der Waals surface area contributed by atoms with E-state index in [1.807, 2.05) is 13.8 Å². The van der Waals surface area contributed by atoms with E-state index in [0.717, 1.165) is 36.4 Å². The third-order valence-electron chi connectivity index (χ3n) is 7.58. The smallest absolute Gasteiger partial charge is 0.302 e. The highest BCUT2D eigenvalue weighted by Crippen LogP contribution is 2.61. The number of carbonyl (C=O) groups is 1. The number of ether oxygens (including phenoxy) is 2. The van der Waals surface area contributed by atoms with Crippen LogP contribution in [0.4, 0.5) is 0 Å². The second-order valence-electron chi connectivity index (χ2n) is 8.55. The quantitative estimate of drug-likeness (QED) is 0.596. The minimum absolute atomic E-state index is 0.112. The Bertz CT molecular complexity index is 590. The molecule has 0 bridgehead atoms. The van der Waals surface area contributed by atoms with Gasteiger partial charge in [-0.3, -0.25) is 4.79 Å². The molecule has 4 rings (SSSR count). The topological polar surface area (TPSA) is 35.5 Å². The normalized spacial score (nSPS) is 40.6. The van der Waals surface area contributed by atoms with Gasteiger partial charge in [0, 0.05) is 18.8 Å². The first-order valence-electron chi connectivity index (χ1n) is 10.6. The van der Waals surface area contributed by atoms with Gasteiger partial charge in [0.05, 0.1) is 12.9 Å². The average Bonchev–Trinajstić information content (AvgIpc) is 2.98. The maximum Gasteiger partial charge on any atom is 0.302 e. The molecule has 0 N–H and O–H groups in total. The molecule has 26 heavy (non-hydrogen) atoms. The Morgan fingerprint density at radius 2 is 1.92 bits per heavy atom. The van der Waals surface area contributed by atoms with Crippen LogP contribution in [0.1, 0.15) is 72.6 Å². The van der Waals surface area contributed by atoms with Gasteiger partial charge in [0.1, 0.15) is 6.10 Å². The van der Waals surface area contributed by atoms with Gasteiger partial charge < -0.3 is 9.47 Å². The van der Waals surface area contributed by atoms with E-state index in [1.165, 1.54) is 37.7 Å². The molecule has 0 radical (unpaired) electrons. The Balaban J connectivity index is 0.000000948. The predicted molar refractivity (Wildman–Crippen MR) is 104 cm³/mol. The van der Waals surface area contributed by atoms with Crippen molar-refractivity contribution in [1.82, 2.24) is 0 Å². The molecule has 4 aliphatic rings. The van der Waals surface area contributed by atoms with E-state index in [2.05, 4.69) is 19.1 Å². The molecule has 0 spiro atoms. The second-order valence-corrected chi connectivity index (χ2v) is 8.55. The SMILES string of the molecule is CC.COC1=CC2=CCC3C(CC[C@]4(C)C(OC(C)=O)CCC34)[C@H]2CC1. The molecule has 2 fully saturated rings. The fraction of sp³-hybridized carbons (Fsp3) is 0.783. The Labute approximate surface area is 159 Å². The maximum atomic E-state index is 11.5. The van der Waals surface area contributed by atoms with Crippen LogP contribution in [0.2, 0.25) is 0 Å². The highest BCUT2D eigenvalue weighted by molar-refractivity contribution is 5.66. The minimum atomic E-state index is -0.112. The van der Waals surface area contributed by atoms with Gasteiger partial charge in [0.25, 0.3) is 0 Å². The van der Waals surface area contributed by atoms with Gasteiger partial charge >= 0.3 is 5.97 Å². The monoisotopic (exact) mass is 360 g/mol. The highest BCUT2D eigenvalue weighted by Gasteiger charge is 2.56. The van der Waals surface area contributed by atoms with Crippen LogP contribution in [0.3, 0.4) is 0 Å². The molecule has 6 atom stereocenters. The molecule has 3 nitrogen and oxygen atoms in total. The van der Waals surface area contributed by atoms with Crippen LogP contribution in [-0.4, -0.2) is 19.2 Å². The van der Waals surface area contributed by atoms with Crippen molar-refractivity contribution in [2.75, 3.05) is 7.11 Å². The summed E-state index contributed by atoms with van der Waals surface area (Å²) < 4.78 is 11.2. The fourth-order valence-electron chi connectivity index (χ4n) is 6.44. The van der Waals surface area contributed by atoms with Crippen LogP contribution in [0.5, 0.6) is 0 Å². The van der Waals surface area contributed by atoms with Gasteiger partial charge in [-0.15, -0.1) is 0 Å². The van der Waals surface area contributed by atoms with E-state index in [0.29, 0.717) is 5.92 Å². The van der Waals surface area contributed by atoms with Gasteiger partial charge in [-0.2, -0.15) is 0 Å². The molecule has 3 heteroatoms. The van der Waals surface area contributed by atoms with E-state index < -0.39 is 0 Å². The van der Waals surface area contributed by atoms with Crippen LogP contribution in [0, 0.1) is 29.1 Å². The Hall–Kier alpha value is -1.25. The van der Waals surface area contributed by atoms with E-state index >= 15 is 0 Å². The number of fused-ring (bicyclic) bond motifs is 5. The van der Waals surface area contributed by atoms with Crippen LogP contribution >= 0.6 is 0 Å². The largest absolute Gasteiger partial charge is 0.501 e. The van der Waals surface area contributed by atoms with Crippen molar-refractivity contribution >= 4 is 5.97 Å². The third-order valence-corrected chi connectivity index (χ3v) is 7.58. The maximum absolute atomic E-state index is 11.5.